The lowest BCUT2D eigenvalue weighted by molar-refractivity contribution is 0.0980. The first-order chi connectivity index (χ1) is 14.3. The molecule has 0 saturated heterocycles. The molecule has 5 nitrogen and oxygen atoms in total. The summed E-state index contributed by atoms with van der Waals surface area (Å²) in [6, 6.07) is 29.2. The molecule has 2 atom stereocenters. The van der Waals surface area contributed by atoms with Crippen molar-refractivity contribution in [1.29, 1.82) is 0 Å². The molecule has 0 spiro atoms. The Kier molecular flexibility index (Phi) is 4.62. The lowest BCUT2D eigenvalue weighted by atomic mass is 9.97. The minimum Gasteiger partial charge on any atom is -0.313 e. The predicted octanol–water partition coefficient (Wildman–Crippen LogP) is 4.59. The van der Waals surface area contributed by atoms with Gasteiger partial charge in [-0.2, -0.15) is 0 Å². The van der Waals surface area contributed by atoms with E-state index in [0.29, 0.717) is 10.7 Å². The largest absolute Gasteiger partial charge is 0.313 e. The van der Waals surface area contributed by atoms with Crippen LogP contribution >= 0.6 is 11.8 Å². The van der Waals surface area contributed by atoms with Crippen LogP contribution in [0.15, 0.2) is 96.2 Å². The highest BCUT2D eigenvalue weighted by atomic mass is 32.2. The van der Waals surface area contributed by atoms with Crippen LogP contribution in [0.2, 0.25) is 0 Å². The van der Waals surface area contributed by atoms with Crippen molar-refractivity contribution in [2.45, 2.75) is 16.4 Å². The van der Waals surface area contributed by atoms with Crippen LogP contribution in [0.5, 0.6) is 0 Å². The average Bonchev–Trinajstić information content (AvgIpc) is 3.22. The SMILES string of the molecule is O=C(c1ccccc1)[C@@H]1Sc2nnc(-c3ccccc3)n2N[C@H]1c1ccccc1. The van der Waals surface area contributed by atoms with Crippen LogP contribution in [0.3, 0.4) is 0 Å². The van der Waals surface area contributed by atoms with Crippen LogP contribution in [0.1, 0.15) is 22.0 Å². The topological polar surface area (TPSA) is 59.8 Å². The monoisotopic (exact) mass is 398 g/mol. The van der Waals surface area contributed by atoms with Gasteiger partial charge >= 0.3 is 0 Å². The predicted molar refractivity (Wildman–Crippen MR) is 114 cm³/mol. The first kappa shape index (κ1) is 17.7. The number of hydrogen-bond acceptors (Lipinski definition) is 5. The number of thioether (sulfide) groups is 1. The van der Waals surface area contributed by atoms with Gasteiger partial charge in [0.2, 0.25) is 5.16 Å². The number of aromatic nitrogens is 3. The quantitative estimate of drug-likeness (QED) is 0.510. The van der Waals surface area contributed by atoms with Gasteiger partial charge in [0, 0.05) is 11.1 Å². The Morgan fingerprint density at radius 1 is 0.828 bits per heavy atom. The second-order valence-corrected chi connectivity index (χ2v) is 7.90. The molecule has 5 rings (SSSR count). The van der Waals surface area contributed by atoms with Crippen molar-refractivity contribution in [3.05, 3.63) is 102 Å². The Bertz CT molecular complexity index is 1130. The molecule has 1 aromatic heterocycles. The van der Waals surface area contributed by atoms with Crippen LogP contribution in [-0.4, -0.2) is 25.9 Å². The molecule has 3 aromatic carbocycles. The van der Waals surface area contributed by atoms with E-state index in [1.807, 2.05) is 95.7 Å². The molecule has 29 heavy (non-hydrogen) atoms. The van der Waals surface area contributed by atoms with Crippen LogP contribution in [0.25, 0.3) is 11.4 Å². The van der Waals surface area contributed by atoms with E-state index in [1.54, 1.807) is 0 Å². The molecule has 0 fully saturated rings. The summed E-state index contributed by atoms with van der Waals surface area (Å²) in [4.78, 5) is 13.4. The Labute approximate surface area is 172 Å². The number of Topliss-reactive ketones (excluding diaryl/α,β-unsaturated/α-hetero) is 1. The van der Waals surface area contributed by atoms with Gasteiger partial charge in [-0.25, -0.2) is 4.68 Å². The van der Waals surface area contributed by atoms with E-state index >= 15 is 0 Å². The van der Waals surface area contributed by atoms with Crippen LogP contribution < -0.4 is 5.43 Å². The van der Waals surface area contributed by atoms with Gasteiger partial charge in [0.05, 0.1) is 6.04 Å². The standard InChI is InChI=1S/C23H18N4OS/c28-20(17-12-6-2-7-13-17)21-19(16-10-4-1-5-11-16)26-27-22(24-25-23(27)29-21)18-14-8-3-9-15-18/h1-15,19,21,26H/t19-,21+/m0/s1. The molecule has 0 amide bonds. The maximum Gasteiger partial charge on any atom is 0.211 e. The molecule has 142 valence electrons. The number of fused-ring (bicyclic) bond motifs is 1. The highest BCUT2D eigenvalue weighted by molar-refractivity contribution is 8.00. The molecule has 6 heteroatoms. The summed E-state index contributed by atoms with van der Waals surface area (Å²) in [7, 11) is 0. The summed E-state index contributed by atoms with van der Waals surface area (Å²) in [5.74, 6) is 0.812. The first-order valence-electron chi connectivity index (χ1n) is 9.39. The second kappa shape index (κ2) is 7.56. The molecule has 4 aromatic rings. The van der Waals surface area contributed by atoms with Gasteiger partial charge in [0.1, 0.15) is 5.25 Å². The molecule has 0 aliphatic carbocycles. The van der Waals surface area contributed by atoms with Crippen LogP contribution in [-0.2, 0) is 0 Å². The summed E-state index contributed by atoms with van der Waals surface area (Å²) >= 11 is 1.46. The van der Waals surface area contributed by atoms with Crippen molar-refractivity contribution < 1.29 is 4.79 Å². The molecule has 0 bridgehead atoms. The fourth-order valence-corrected chi connectivity index (χ4v) is 4.66. The van der Waals surface area contributed by atoms with E-state index in [4.69, 9.17) is 0 Å². The Morgan fingerprint density at radius 3 is 2.14 bits per heavy atom. The number of ketones is 1. The first-order valence-corrected chi connectivity index (χ1v) is 10.3. The maximum atomic E-state index is 13.4. The summed E-state index contributed by atoms with van der Waals surface area (Å²) < 4.78 is 1.90. The number of carbonyl (C=O) groups excluding carboxylic acids is 1. The van der Waals surface area contributed by atoms with Crippen LogP contribution in [0.4, 0.5) is 0 Å². The van der Waals surface area contributed by atoms with E-state index in [-0.39, 0.29) is 17.1 Å². The zero-order chi connectivity index (χ0) is 19.6. The number of nitrogens with one attached hydrogen (secondary N) is 1. The molecular formula is C23H18N4OS. The van der Waals surface area contributed by atoms with E-state index in [0.717, 1.165) is 17.0 Å². The summed E-state index contributed by atoms with van der Waals surface area (Å²) in [5, 5.41) is 9.07. The van der Waals surface area contributed by atoms with Gasteiger partial charge in [-0.1, -0.05) is 103 Å². The maximum absolute atomic E-state index is 13.4. The van der Waals surface area contributed by atoms with Crippen molar-refractivity contribution in [2.24, 2.45) is 0 Å². The molecule has 1 aliphatic rings. The van der Waals surface area contributed by atoms with Crippen molar-refractivity contribution >= 4 is 17.5 Å². The molecule has 2 heterocycles. The third kappa shape index (κ3) is 3.32. The second-order valence-electron chi connectivity index (χ2n) is 6.79. The minimum absolute atomic E-state index is 0.0764. The molecule has 0 unspecified atom stereocenters. The molecular weight excluding hydrogens is 380 g/mol. The van der Waals surface area contributed by atoms with Gasteiger partial charge in [0.25, 0.3) is 0 Å². The summed E-state index contributed by atoms with van der Waals surface area (Å²) in [6.45, 7) is 0. The zero-order valence-corrected chi connectivity index (χ0v) is 16.3. The molecule has 0 radical (unpaired) electrons. The van der Waals surface area contributed by atoms with E-state index in [1.165, 1.54) is 11.8 Å². The van der Waals surface area contributed by atoms with E-state index in [9.17, 15) is 4.79 Å². The van der Waals surface area contributed by atoms with E-state index < -0.39 is 0 Å². The average molecular weight is 398 g/mol. The van der Waals surface area contributed by atoms with Crippen molar-refractivity contribution in [3.8, 4) is 11.4 Å². The van der Waals surface area contributed by atoms with Gasteiger partial charge in [-0.3, -0.25) is 4.79 Å². The van der Waals surface area contributed by atoms with Crippen molar-refractivity contribution in [2.75, 3.05) is 5.43 Å². The summed E-state index contributed by atoms with van der Waals surface area (Å²) in [5.41, 5.74) is 6.23. The number of benzene rings is 3. The highest BCUT2D eigenvalue weighted by Crippen LogP contribution is 2.39. The summed E-state index contributed by atoms with van der Waals surface area (Å²) in [6.07, 6.45) is 0. The fourth-order valence-electron chi connectivity index (χ4n) is 3.51. The molecule has 1 N–H and O–H groups in total. The normalized spacial score (nSPS) is 17.9. The van der Waals surface area contributed by atoms with Crippen molar-refractivity contribution in [1.82, 2.24) is 14.9 Å². The minimum atomic E-state index is -0.347. The third-order valence-corrected chi connectivity index (χ3v) is 6.16. The number of hydrogen-bond donors (Lipinski definition) is 1. The van der Waals surface area contributed by atoms with Gasteiger partial charge < -0.3 is 5.43 Å². The number of nitrogens with zero attached hydrogens (tertiary/aromatic N) is 3. The molecule has 1 aliphatic heterocycles. The Hall–Kier alpha value is -3.38. The van der Waals surface area contributed by atoms with Gasteiger partial charge in [-0.05, 0) is 5.56 Å². The number of rotatable bonds is 4. The highest BCUT2D eigenvalue weighted by Gasteiger charge is 2.38. The van der Waals surface area contributed by atoms with Gasteiger partial charge in [-0.15, -0.1) is 10.2 Å². The smallest absolute Gasteiger partial charge is 0.211 e. The van der Waals surface area contributed by atoms with Gasteiger partial charge in [0.15, 0.2) is 11.6 Å². The fraction of sp³-hybridized carbons (Fsp3) is 0.0870. The van der Waals surface area contributed by atoms with Crippen LogP contribution in [0, 0.1) is 0 Å². The molecule has 0 saturated carbocycles. The van der Waals surface area contributed by atoms with E-state index in [2.05, 4.69) is 15.6 Å². The third-order valence-electron chi connectivity index (χ3n) is 4.94. The lowest BCUT2D eigenvalue weighted by Gasteiger charge is -2.33. The Balaban J connectivity index is 1.58. The number of carbonyl (C=O) groups is 1. The lowest BCUT2D eigenvalue weighted by Crippen LogP contribution is -2.39. The zero-order valence-electron chi connectivity index (χ0n) is 15.5. The Morgan fingerprint density at radius 2 is 1.45 bits per heavy atom. The van der Waals surface area contributed by atoms with Crippen molar-refractivity contribution in [3.63, 3.8) is 0 Å².